The van der Waals surface area contributed by atoms with Gasteiger partial charge >= 0.3 is 0 Å². The number of benzene rings is 1. The van der Waals surface area contributed by atoms with E-state index < -0.39 is 10.0 Å². The second-order valence-corrected chi connectivity index (χ2v) is 7.38. The van der Waals surface area contributed by atoms with Crippen molar-refractivity contribution in [2.24, 2.45) is 10.2 Å². The minimum atomic E-state index is -3.46. The van der Waals surface area contributed by atoms with Gasteiger partial charge in [-0.2, -0.15) is 4.31 Å². The van der Waals surface area contributed by atoms with Crippen LogP contribution in [-0.4, -0.2) is 36.8 Å². The van der Waals surface area contributed by atoms with E-state index in [1.807, 2.05) is 0 Å². The van der Waals surface area contributed by atoms with Crippen LogP contribution in [0.1, 0.15) is 12.8 Å². The molecule has 3 N–H and O–H groups in total. The normalized spacial score (nSPS) is 16.1. The van der Waals surface area contributed by atoms with Gasteiger partial charge in [-0.1, -0.05) is 6.07 Å². The van der Waals surface area contributed by atoms with Crippen LogP contribution in [0.5, 0.6) is 0 Å². The van der Waals surface area contributed by atoms with E-state index in [0.717, 1.165) is 18.2 Å². The summed E-state index contributed by atoms with van der Waals surface area (Å²) in [7, 11) is -3.46. The molecule has 130 valence electrons. The number of pyridine rings is 1. The molecule has 0 radical (unpaired) electrons. The number of anilines is 1. The minimum absolute atomic E-state index is 0. The summed E-state index contributed by atoms with van der Waals surface area (Å²) in [6.45, 7) is 1.14. The van der Waals surface area contributed by atoms with Gasteiger partial charge < -0.3 is 11.1 Å². The Balaban J connectivity index is 0.00000208. The van der Waals surface area contributed by atoms with Gasteiger partial charge in [-0.15, -0.1) is 16.9 Å². The third kappa shape index (κ3) is 3.56. The van der Waals surface area contributed by atoms with Crippen LogP contribution in [0.25, 0.3) is 10.8 Å². The average molecular weight is 390 g/mol. The van der Waals surface area contributed by atoms with E-state index in [2.05, 4.69) is 14.8 Å². The van der Waals surface area contributed by atoms with Gasteiger partial charge in [0.15, 0.2) is 0 Å². The van der Waals surface area contributed by atoms with Crippen molar-refractivity contribution in [3.8, 4) is 0 Å². The summed E-state index contributed by atoms with van der Waals surface area (Å²) in [4.78, 5) is 4.36. The Hall–Kier alpha value is -1.61. The Morgan fingerprint density at radius 2 is 2.00 bits per heavy atom. The summed E-state index contributed by atoms with van der Waals surface area (Å²) < 4.78 is 30.1. The largest absolute Gasteiger partial charge is 0.369 e. The maximum Gasteiger partial charge on any atom is 0.243 e. The molecule has 1 aromatic carbocycles. The lowest BCUT2D eigenvalue weighted by molar-refractivity contribution is 0.477. The van der Waals surface area contributed by atoms with Crippen LogP contribution in [0, 0.1) is 0 Å². The molecule has 2 heterocycles. The Labute approximate surface area is 151 Å². The molecular weight excluding hydrogens is 373 g/mol. The highest BCUT2D eigenvalue weighted by molar-refractivity contribution is 7.89. The van der Waals surface area contributed by atoms with Crippen molar-refractivity contribution in [1.82, 2.24) is 9.29 Å². The van der Waals surface area contributed by atoms with Gasteiger partial charge in [0.1, 0.15) is 0 Å². The molecular formula is C14H17Cl2N5O2S. The van der Waals surface area contributed by atoms with Crippen LogP contribution in [0.3, 0.4) is 0 Å². The molecule has 1 saturated heterocycles. The highest BCUT2D eigenvalue weighted by Gasteiger charge is 2.27. The highest BCUT2D eigenvalue weighted by Crippen LogP contribution is 2.27. The Bertz CT molecular complexity index is 867. The first-order valence-electron chi connectivity index (χ1n) is 7.12. The smallest absolute Gasteiger partial charge is 0.243 e. The van der Waals surface area contributed by atoms with Crippen molar-refractivity contribution in [2.75, 3.05) is 18.4 Å². The highest BCUT2D eigenvalue weighted by atomic mass is 35.5. The van der Waals surface area contributed by atoms with E-state index in [1.165, 1.54) is 4.31 Å². The van der Waals surface area contributed by atoms with Gasteiger partial charge in [-0.25, -0.2) is 8.42 Å². The number of fused-ring (bicyclic) bond motifs is 1. The predicted molar refractivity (Wildman–Crippen MR) is 98.1 cm³/mol. The van der Waals surface area contributed by atoms with Gasteiger partial charge in [0, 0.05) is 41.8 Å². The monoisotopic (exact) mass is 389 g/mol. The summed E-state index contributed by atoms with van der Waals surface area (Å²) in [5.41, 5.74) is 6.16. The quantitative estimate of drug-likeness (QED) is 0.619. The summed E-state index contributed by atoms with van der Waals surface area (Å²) in [6.07, 6.45) is 4.99. The molecule has 1 aromatic heterocycles. The lowest BCUT2D eigenvalue weighted by Crippen LogP contribution is -2.27. The van der Waals surface area contributed by atoms with Crippen LogP contribution >= 0.6 is 24.2 Å². The number of sulfonamides is 1. The zero-order valence-corrected chi connectivity index (χ0v) is 15.0. The number of nitrogens with one attached hydrogen (secondary N) is 1. The minimum Gasteiger partial charge on any atom is -0.369 e. The Morgan fingerprint density at radius 1 is 1.29 bits per heavy atom. The van der Waals surface area contributed by atoms with Crippen molar-refractivity contribution in [2.45, 2.75) is 17.7 Å². The lowest BCUT2D eigenvalue weighted by atomic mass is 10.1. The van der Waals surface area contributed by atoms with E-state index in [0.29, 0.717) is 24.2 Å². The van der Waals surface area contributed by atoms with Crippen molar-refractivity contribution < 1.29 is 8.42 Å². The number of nitrogens with zero attached hydrogens (tertiary/aromatic N) is 3. The molecule has 7 nitrogen and oxygen atoms in total. The summed E-state index contributed by atoms with van der Waals surface area (Å²) in [6, 6.07) is 4.94. The van der Waals surface area contributed by atoms with Crippen molar-refractivity contribution in [3.05, 3.63) is 30.6 Å². The number of halogens is 2. The molecule has 1 aliphatic heterocycles. The van der Waals surface area contributed by atoms with Crippen LogP contribution in [0.2, 0.25) is 0 Å². The molecule has 1 aliphatic rings. The first-order valence-corrected chi connectivity index (χ1v) is 8.89. The zero-order valence-electron chi connectivity index (χ0n) is 12.6. The van der Waals surface area contributed by atoms with Crippen molar-refractivity contribution >= 4 is 56.6 Å². The number of aromatic nitrogens is 1. The number of rotatable bonds is 3. The fourth-order valence-electron chi connectivity index (χ4n) is 2.65. The van der Waals surface area contributed by atoms with Crippen molar-refractivity contribution in [3.63, 3.8) is 0 Å². The van der Waals surface area contributed by atoms with Crippen LogP contribution in [0.15, 0.2) is 40.0 Å². The Morgan fingerprint density at radius 3 is 2.67 bits per heavy atom. The standard InChI is InChI=1S/C14H16ClN5O2S.ClH/c15-19-14(16)18-13-9-17-8-10-7-11(3-4-12(10)13)23(21,22)20-5-1-2-6-20;/h3-4,7-9H,1-2,5-6H2,(H3,16,18,19);1H. The molecule has 0 unspecified atom stereocenters. The van der Waals surface area contributed by atoms with Crippen LogP contribution < -0.4 is 11.1 Å². The molecule has 2 aromatic rings. The molecule has 24 heavy (non-hydrogen) atoms. The number of guanidine groups is 1. The molecule has 3 rings (SSSR count). The van der Waals surface area contributed by atoms with E-state index in [-0.39, 0.29) is 23.3 Å². The van der Waals surface area contributed by atoms with Crippen molar-refractivity contribution in [1.29, 1.82) is 0 Å². The van der Waals surface area contributed by atoms with Gasteiger partial charge in [0.05, 0.1) is 16.8 Å². The van der Waals surface area contributed by atoms with Gasteiger partial charge in [-0.3, -0.25) is 4.98 Å². The second-order valence-electron chi connectivity index (χ2n) is 5.28. The fourth-order valence-corrected chi connectivity index (χ4v) is 4.25. The lowest BCUT2D eigenvalue weighted by Gasteiger charge is -2.16. The first kappa shape index (κ1) is 18.7. The zero-order chi connectivity index (χ0) is 16.4. The summed E-state index contributed by atoms with van der Waals surface area (Å²) in [5, 5.41) is 4.29. The van der Waals surface area contributed by atoms with Gasteiger partial charge in [-0.05, 0) is 25.0 Å². The van der Waals surface area contributed by atoms with E-state index in [4.69, 9.17) is 17.5 Å². The Kier molecular flexibility index (Phi) is 5.87. The van der Waals surface area contributed by atoms with Gasteiger partial charge in [0.25, 0.3) is 0 Å². The van der Waals surface area contributed by atoms with Crippen LogP contribution in [-0.2, 0) is 10.0 Å². The molecule has 0 aliphatic carbocycles. The average Bonchev–Trinajstić information content (AvgIpc) is 3.09. The van der Waals surface area contributed by atoms with E-state index in [1.54, 1.807) is 30.6 Å². The van der Waals surface area contributed by atoms with Gasteiger partial charge in [0.2, 0.25) is 16.0 Å². The number of hydrogen-bond donors (Lipinski definition) is 2. The summed E-state index contributed by atoms with van der Waals surface area (Å²) >= 11 is 5.31. The molecule has 0 amide bonds. The molecule has 10 heteroatoms. The molecule has 1 fully saturated rings. The SMILES string of the molecule is Cl.NC(=NCl)Nc1cncc2cc(S(=O)(=O)N3CCCC3)ccc12. The molecule has 0 bridgehead atoms. The summed E-state index contributed by atoms with van der Waals surface area (Å²) in [5.74, 6) is 0.0368. The van der Waals surface area contributed by atoms with E-state index >= 15 is 0 Å². The van der Waals surface area contributed by atoms with Crippen LogP contribution in [0.4, 0.5) is 5.69 Å². The molecule has 0 saturated carbocycles. The second kappa shape index (κ2) is 7.52. The topological polar surface area (TPSA) is 101 Å². The fraction of sp³-hybridized carbons (Fsp3) is 0.286. The third-order valence-corrected chi connectivity index (χ3v) is 5.86. The number of hydrogen-bond acceptors (Lipinski definition) is 4. The first-order chi connectivity index (χ1) is 11.0. The molecule has 0 spiro atoms. The number of nitrogens with two attached hydrogens (primary N) is 1. The third-order valence-electron chi connectivity index (χ3n) is 3.79. The predicted octanol–water partition coefficient (Wildman–Crippen LogP) is 2.32. The maximum absolute atomic E-state index is 12.6. The maximum atomic E-state index is 12.6. The molecule has 0 atom stereocenters. The van der Waals surface area contributed by atoms with E-state index in [9.17, 15) is 8.42 Å².